The first-order chi connectivity index (χ1) is 12.7. The van der Waals surface area contributed by atoms with Gasteiger partial charge in [0.1, 0.15) is 23.9 Å². The van der Waals surface area contributed by atoms with Gasteiger partial charge in [0.05, 0.1) is 18.9 Å². The number of hydrogen-bond acceptors (Lipinski definition) is 8. The third-order valence-corrected chi connectivity index (χ3v) is 4.71. The fraction of sp³-hybridized carbons (Fsp3) is 0.222. The summed E-state index contributed by atoms with van der Waals surface area (Å²) in [6.07, 6.45) is 0. The number of allylic oxidation sites excluding steroid dienone is 2. The van der Waals surface area contributed by atoms with Gasteiger partial charge in [-0.1, -0.05) is 12.1 Å². The van der Waals surface area contributed by atoms with Gasteiger partial charge in [0.25, 0.3) is 0 Å². The fourth-order valence-corrected chi connectivity index (χ4v) is 3.34. The van der Waals surface area contributed by atoms with Crippen LogP contribution in [0.2, 0.25) is 0 Å². The normalized spacial score (nSPS) is 13.2. The molecule has 3 rings (SSSR count). The Labute approximate surface area is 155 Å². The molecule has 26 heavy (non-hydrogen) atoms. The maximum Gasteiger partial charge on any atom is 0.186 e. The van der Waals surface area contributed by atoms with Gasteiger partial charge in [0.15, 0.2) is 10.7 Å². The average molecular weight is 362 g/mol. The predicted molar refractivity (Wildman–Crippen MR) is 98.1 cm³/mol. The van der Waals surface area contributed by atoms with Crippen molar-refractivity contribution in [2.45, 2.75) is 0 Å². The van der Waals surface area contributed by atoms with Crippen LogP contribution < -0.4 is 10.2 Å². The van der Waals surface area contributed by atoms with Crippen LogP contribution >= 0.6 is 11.3 Å². The highest BCUT2D eigenvalue weighted by Gasteiger charge is 2.15. The van der Waals surface area contributed by atoms with Gasteiger partial charge < -0.3 is 15.0 Å². The largest absolute Gasteiger partial charge is 0.378 e. The number of nitrogens with one attached hydrogen (secondary N) is 1. The van der Waals surface area contributed by atoms with E-state index in [2.05, 4.69) is 15.2 Å². The van der Waals surface area contributed by atoms with Gasteiger partial charge in [0.2, 0.25) is 0 Å². The van der Waals surface area contributed by atoms with Crippen molar-refractivity contribution in [1.29, 1.82) is 15.8 Å². The van der Waals surface area contributed by atoms with Crippen molar-refractivity contribution >= 4 is 22.2 Å². The number of morpholine rings is 1. The van der Waals surface area contributed by atoms with Gasteiger partial charge in [-0.3, -0.25) is 0 Å². The van der Waals surface area contributed by atoms with E-state index in [-0.39, 0.29) is 11.3 Å². The standard InChI is InChI=1S/C18H14N6OS/c19-9-14(10-20)16(11-21)22-15-3-1-13(2-4-15)17-12-26-18(23-17)24-5-7-25-8-6-24/h1-4,12,22H,5-8H2. The van der Waals surface area contributed by atoms with E-state index in [0.717, 1.165) is 42.7 Å². The number of thiazole rings is 1. The quantitative estimate of drug-likeness (QED) is 0.833. The fourth-order valence-electron chi connectivity index (χ4n) is 2.45. The third-order valence-electron chi connectivity index (χ3n) is 3.81. The van der Waals surface area contributed by atoms with Crippen LogP contribution in [0, 0.1) is 34.0 Å². The molecule has 1 aliphatic heterocycles. The summed E-state index contributed by atoms with van der Waals surface area (Å²) < 4.78 is 5.36. The minimum atomic E-state index is -0.244. The number of anilines is 2. The first-order valence-electron chi connectivity index (χ1n) is 7.85. The number of ether oxygens (including phenoxy) is 1. The Bertz CT molecular complexity index is 920. The lowest BCUT2D eigenvalue weighted by Crippen LogP contribution is -2.36. The summed E-state index contributed by atoms with van der Waals surface area (Å²) in [4.78, 5) is 6.90. The second-order valence-corrected chi connectivity index (χ2v) is 6.24. The number of nitrogens with zero attached hydrogens (tertiary/aromatic N) is 5. The van der Waals surface area contributed by atoms with E-state index in [0.29, 0.717) is 5.69 Å². The third kappa shape index (κ3) is 3.81. The highest BCUT2D eigenvalue weighted by molar-refractivity contribution is 7.14. The molecule has 0 amide bonds. The number of nitriles is 3. The summed E-state index contributed by atoms with van der Waals surface area (Å²) in [5.41, 5.74) is 2.15. The van der Waals surface area contributed by atoms with Crippen molar-refractivity contribution in [3.63, 3.8) is 0 Å². The van der Waals surface area contributed by atoms with E-state index in [1.54, 1.807) is 35.6 Å². The molecule has 0 bridgehead atoms. The molecule has 1 aliphatic rings. The Morgan fingerprint density at radius 1 is 1.08 bits per heavy atom. The molecule has 128 valence electrons. The Hall–Kier alpha value is -3.38. The molecule has 2 aromatic rings. The Kier molecular flexibility index (Phi) is 5.46. The van der Waals surface area contributed by atoms with Crippen molar-refractivity contribution in [2.24, 2.45) is 0 Å². The molecule has 7 nitrogen and oxygen atoms in total. The molecule has 0 unspecified atom stereocenters. The molecular formula is C18H14N6OS. The van der Waals surface area contributed by atoms with Crippen molar-refractivity contribution in [1.82, 2.24) is 4.98 Å². The van der Waals surface area contributed by atoms with Crippen LogP contribution in [-0.2, 0) is 4.74 Å². The second kappa shape index (κ2) is 8.13. The first kappa shape index (κ1) is 17.4. The molecule has 0 radical (unpaired) electrons. The minimum Gasteiger partial charge on any atom is -0.378 e. The van der Waals surface area contributed by atoms with E-state index < -0.39 is 0 Å². The average Bonchev–Trinajstić information content (AvgIpc) is 3.19. The maximum absolute atomic E-state index is 9.08. The number of hydrogen-bond donors (Lipinski definition) is 1. The van der Waals surface area contributed by atoms with E-state index in [9.17, 15) is 0 Å². The van der Waals surface area contributed by atoms with Crippen molar-refractivity contribution in [3.05, 3.63) is 40.9 Å². The van der Waals surface area contributed by atoms with Crippen LogP contribution in [0.3, 0.4) is 0 Å². The van der Waals surface area contributed by atoms with Crippen LogP contribution in [0.25, 0.3) is 11.3 Å². The summed E-state index contributed by atoms with van der Waals surface area (Å²) in [6, 6.07) is 12.6. The minimum absolute atomic E-state index is 0.0639. The highest BCUT2D eigenvalue weighted by Crippen LogP contribution is 2.28. The Balaban J connectivity index is 1.75. The summed E-state index contributed by atoms with van der Waals surface area (Å²) in [7, 11) is 0. The highest BCUT2D eigenvalue weighted by atomic mass is 32.1. The van der Waals surface area contributed by atoms with Gasteiger partial charge >= 0.3 is 0 Å². The van der Waals surface area contributed by atoms with E-state index in [4.69, 9.17) is 20.5 Å². The lowest BCUT2D eigenvalue weighted by Gasteiger charge is -2.26. The lowest BCUT2D eigenvalue weighted by atomic mass is 10.1. The van der Waals surface area contributed by atoms with Crippen molar-refractivity contribution in [3.8, 4) is 29.5 Å². The molecule has 1 saturated heterocycles. The Morgan fingerprint density at radius 3 is 2.38 bits per heavy atom. The van der Waals surface area contributed by atoms with E-state index in [1.807, 2.05) is 23.6 Å². The van der Waals surface area contributed by atoms with Gasteiger partial charge in [-0.2, -0.15) is 15.8 Å². The van der Waals surface area contributed by atoms with Crippen LogP contribution in [0.1, 0.15) is 0 Å². The zero-order valence-electron chi connectivity index (χ0n) is 13.8. The van der Waals surface area contributed by atoms with Gasteiger partial charge in [-0.05, 0) is 12.1 Å². The lowest BCUT2D eigenvalue weighted by molar-refractivity contribution is 0.122. The van der Waals surface area contributed by atoms with Crippen molar-refractivity contribution < 1.29 is 4.74 Å². The summed E-state index contributed by atoms with van der Waals surface area (Å²) in [5, 5.41) is 32.6. The molecule has 0 saturated carbocycles. The number of benzene rings is 1. The molecule has 2 heterocycles. The summed E-state index contributed by atoms with van der Waals surface area (Å²) >= 11 is 1.60. The maximum atomic E-state index is 9.08. The molecule has 1 aromatic carbocycles. The smallest absolute Gasteiger partial charge is 0.186 e. The first-order valence-corrected chi connectivity index (χ1v) is 8.73. The zero-order chi connectivity index (χ0) is 18.4. The van der Waals surface area contributed by atoms with Crippen LogP contribution in [0.4, 0.5) is 10.8 Å². The topological polar surface area (TPSA) is 109 Å². The van der Waals surface area contributed by atoms with Crippen LogP contribution in [0.5, 0.6) is 0 Å². The van der Waals surface area contributed by atoms with Crippen LogP contribution in [0.15, 0.2) is 40.9 Å². The number of aromatic nitrogens is 1. The second-order valence-electron chi connectivity index (χ2n) is 5.40. The molecule has 1 fully saturated rings. The molecular weight excluding hydrogens is 348 g/mol. The summed E-state index contributed by atoms with van der Waals surface area (Å²) in [6.45, 7) is 3.13. The van der Waals surface area contributed by atoms with Gasteiger partial charge in [-0.25, -0.2) is 4.98 Å². The van der Waals surface area contributed by atoms with E-state index in [1.165, 1.54) is 0 Å². The molecule has 1 aromatic heterocycles. The monoisotopic (exact) mass is 362 g/mol. The zero-order valence-corrected chi connectivity index (χ0v) is 14.6. The summed E-state index contributed by atoms with van der Waals surface area (Å²) in [5.74, 6) is 0. The Morgan fingerprint density at radius 2 is 1.77 bits per heavy atom. The van der Waals surface area contributed by atoms with Gasteiger partial charge in [-0.15, -0.1) is 11.3 Å². The number of rotatable bonds is 4. The predicted octanol–water partition coefficient (Wildman–Crippen LogP) is 2.88. The molecule has 0 aliphatic carbocycles. The molecule has 0 spiro atoms. The molecule has 8 heteroatoms. The SMILES string of the molecule is N#CC(C#N)=C(C#N)Nc1ccc(-c2csc(N3CCOCC3)n2)cc1. The van der Waals surface area contributed by atoms with E-state index >= 15 is 0 Å². The van der Waals surface area contributed by atoms with Gasteiger partial charge in [0, 0.05) is 29.7 Å². The molecule has 1 N–H and O–H groups in total. The molecule has 0 atom stereocenters. The van der Waals surface area contributed by atoms with Crippen molar-refractivity contribution in [2.75, 3.05) is 36.5 Å². The van der Waals surface area contributed by atoms with Crippen LogP contribution in [-0.4, -0.2) is 31.3 Å².